The normalized spacial score (nSPS) is 17.6. The minimum Gasteiger partial charge on any atom is -0.497 e. The zero-order chi connectivity index (χ0) is 25.3. The molecule has 8 nitrogen and oxygen atoms in total. The van der Waals surface area contributed by atoms with Gasteiger partial charge in [-0.05, 0) is 72.9 Å². The number of aromatic nitrogens is 2. The van der Waals surface area contributed by atoms with Gasteiger partial charge in [0.2, 0.25) is 10.0 Å². The largest absolute Gasteiger partial charge is 0.497 e. The van der Waals surface area contributed by atoms with Gasteiger partial charge in [0.05, 0.1) is 25.1 Å². The molecule has 1 aliphatic heterocycles. The van der Waals surface area contributed by atoms with Crippen molar-refractivity contribution >= 4 is 38.7 Å². The van der Waals surface area contributed by atoms with Crippen LogP contribution in [0, 0.1) is 0 Å². The Labute approximate surface area is 215 Å². The quantitative estimate of drug-likeness (QED) is 0.349. The number of methoxy groups -OCH3 is 1. The molecule has 1 saturated heterocycles. The molecule has 4 aromatic rings. The van der Waals surface area contributed by atoms with Crippen molar-refractivity contribution in [3.05, 3.63) is 103 Å². The number of pyridine rings is 1. The van der Waals surface area contributed by atoms with Gasteiger partial charge in [-0.15, -0.1) is 0 Å². The molecular formula is C26H25N5O3S2. The highest BCUT2D eigenvalue weighted by atomic mass is 32.2. The van der Waals surface area contributed by atoms with Crippen molar-refractivity contribution < 1.29 is 13.2 Å². The summed E-state index contributed by atoms with van der Waals surface area (Å²) in [7, 11) is -1.73. The smallest absolute Gasteiger partial charge is 0.229 e. The van der Waals surface area contributed by atoms with Gasteiger partial charge < -0.3 is 19.5 Å². The van der Waals surface area contributed by atoms with Crippen molar-refractivity contribution in [2.45, 2.75) is 12.1 Å². The molecule has 0 unspecified atom stereocenters. The van der Waals surface area contributed by atoms with E-state index in [1.165, 1.54) is 0 Å². The topological polar surface area (TPSA) is 88.5 Å². The van der Waals surface area contributed by atoms with Gasteiger partial charge >= 0.3 is 0 Å². The second-order valence-corrected chi connectivity index (χ2v) is 10.6. The summed E-state index contributed by atoms with van der Waals surface area (Å²) in [6.45, 7) is 0. The van der Waals surface area contributed by atoms with E-state index in [0.29, 0.717) is 10.8 Å². The summed E-state index contributed by atoms with van der Waals surface area (Å²) in [5, 5.41) is 4.01. The Morgan fingerprint density at radius 1 is 1.00 bits per heavy atom. The van der Waals surface area contributed by atoms with Crippen LogP contribution in [0.3, 0.4) is 0 Å². The number of ether oxygens (including phenoxy) is 1. The van der Waals surface area contributed by atoms with Gasteiger partial charge in [0.25, 0.3) is 0 Å². The van der Waals surface area contributed by atoms with Crippen molar-refractivity contribution in [3.8, 4) is 11.4 Å². The second-order valence-electron chi connectivity index (χ2n) is 8.42. The van der Waals surface area contributed by atoms with Crippen LogP contribution < -0.4 is 19.7 Å². The molecule has 0 saturated carbocycles. The average molecular weight is 520 g/mol. The summed E-state index contributed by atoms with van der Waals surface area (Å²) in [4.78, 5) is 6.66. The molecule has 184 valence electrons. The fourth-order valence-corrected chi connectivity index (χ4v) is 5.38. The van der Waals surface area contributed by atoms with E-state index >= 15 is 0 Å². The molecule has 2 N–H and O–H groups in total. The average Bonchev–Trinajstić information content (AvgIpc) is 3.48. The molecule has 0 spiro atoms. The highest BCUT2D eigenvalue weighted by Gasteiger charge is 2.42. The van der Waals surface area contributed by atoms with Crippen LogP contribution in [0.5, 0.6) is 5.75 Å². The van der Waals surface area contributed by atoms with Crippen LogP contribution in [0.4, 0.5) is 11.4 Å². The summed E-state index contributed by atoms with van der Waals surface area (Å²) < 4.78 is 33.4. The predicted molar refractivity (Wildman–Crippen MR) is 145 cm³/mol. The maximum Gasteiger partial charge on any atom is 0.229 e. The molecule has 0 radical (unpaired) electrons. The summed E-state index contributed by atoms with van der Waals surface area (Å²) in [5.41, 5.74) is 4.13. The Bertz CT molecular complexity index is 1490. The highest BCUT2D eigenvalue weighted by molar-refractivity contribution is 7.92. The van der Waals surface area contributed by atoms with Gasteiger partial charge in [-0.2, -0.15) is 0 Å². The number of anilines is 2. The van der Waals surface area contributed by atoms with E-state index in [4.69, 9.17) is 17.0 Å². The third-order valence-corrected chi connectivity index (χ3v) is 6.88. The molecular weight excluding hydrogens is 494 g/mol. The Hall–Kier alpha value is -3.89. The Morgan fingerprint density at radius 2 is 1.81 bits per heavy atom. The first-order valence-corrected chi connectivity index (χ1v) is 13.5. The van der Waals surface area contributed by atoms with E-state index in [2.05, 4.69) is 25.7 Å². The van der Waals surface area contributed by atoms with Gasteiger partial charge in [0.15, 0.2) is 5.11 Å². The molecule has 0 aliphatic carbocycles. The maximum atomic E-state index is 11.6. The molecule has 2 aromatic heterocycles. The lowest BCUT2D eigenvalue weighted by Gasteiger charge is -2.29. The number of rotatable bonds is 7. The van der Waals surface area contributed by atoms with Crippen molar-refractivity contribution in [1.82, 2.24) is 14.9 Å². The highest BCUT2D eigenvalue weighted by Crippen LogP contribution is 2.42. The van der Waals surface area contributed by atoms with Crippen molar-refractivity contribution in [3.63, 3.8) is 0 Å². The van der Waals surface area contributed by atoms with Crippen LogP contribution in [0.1, 0.15) is 23.5 Å². The molecule has 3 heterocycles. The van der Waals surface area contributed by atoms with Crippen LogP contribution in [-0.2, 0) is 10.0 Å². The Kier molecular flexibility index (Phi) is 6.38. The third kappa shape index (κ3) is 4.77. The number of nitrogens with zero attached hydrogens (tertiary/aromatic N) is 3. The number of nitrogens with one attached hydrogen (secondary N) is 2. The Balaban J connectivity index is 1.61. The monoisotopic (exact) mass is 519 g/mol. The SMILES string of the molecule is COc1cccc(-n2cccc2[C@@H]2[C@H](c3ccccn3)NC(=S)N2c2ccc(NS(C)(=O)=O)cc2)c1. The van der Waals surface area contributed by atoms with Gasteiger partial charge in [0.1, 0.15) is 11.8 Å². The first-order chi connectivity index (χ1) is 17.3. The standard InChI is InChI=1S/C26H25N5O3S2/c1-34-21-8-5-7-20(17-21)30-16-6-10-23(30)25-24(22-9-3-4-15-27-22)28-26(35)31(25)19-13-11-18(12-14-19)29-36(2,32)33/h3-17,24-25,29H,1-2H3,(H,28,35)/t24-,25+/m0/s1. The van der Waals surface area contributed by atoms with Crippen molar-refractivity contribution in [2.75, 3.05) is 23.0 Å². The van der Waals surface area contributed by atoms with E-state index in [0.717, 1.165) is 34.8 Å². The minimum absolute atomic E-state index is 0.216. The summed E-state index contributed by atoms with van der Waals surface area (Å²) in [6.07, 6.45) is 4.91. The molecule has 0 bridgehead atoms. The van der Waals surface area contributed by atoms with Gasteiger partial charge in [-0.25, -0.2) is 8.42 Å². The Morgan fingerprint density at radius 3 is 2.50 bits per heavy atom. The van der Waals surface area contributed by atoms with Gasteiger partial charge in [-0.3, -0.25) is 9.71 Å². The third-order valence-electron chi connectivity index (χ3n) is 5.96. The van der Waals surface area contributed by atoms with Crippen LogP contribution in [0.15, 0.2) is 91.3 Å². The van der Waals surface area contributed by atoms with Crippen LogP contribution in [0.2, 0.25) is 0 Å². The van der Waals surface area contributed by atoms with Crippen LogP contribution in [-0.4, -0.2) is 36.4 Å². The van der Waals surface area contributed by atoms with Gasteiger partial charge in [-0.1, -0.05) is 12.1 Å². The fraction of sp³-hybridized carbons (Fsp3) is 0.154. The molecule has 2 atom stereocenters. The van der Waals surface area contributed by atoms with E-state index in [-0.39, 0.29) is 12.1 Å². The first-order valence-electron chi connectivity index (χ1n) is 11.2. The van der Waals surface area contributed by atoms with E-state index < -0.39 is 10.0 Å². The molecule has 5 rings (SSSR count). The van der Waals surface area contributed by atoms with E-state index in [1.54, 1.807) is 25.4 Å². The number of hydrogen-bond acceptors (Lipinski definition) is 5. The lowest BCUT2D eigenvalue weighted by molar-refractivity contribution is 0.414. The number of benzene rings is 2. The minimum atomic E-state index is -3.38. The predicted octanol–water partition coefficient (Wildman–Crippen LogP) is 4.43. The van der Waals surface area contributed by atoms with Crippen LogP contribution in [0.25, 0.3) is 5.69 Å². The number of hydrogen-bond donors (Lipinski definition) is 2. The molecule has 10 heteroatoms. The van der Waals surface area contributed by atoms with Crippen molar-refractivity contribution in [2.24, 2.45) is 0 Å². The molecule has 1 aliphatic rings. The summed E-state index contributed by atoms with van der Waals surface area (Å²) in [6, 6.07) is 24.5. The molecule has 1 fully saturated rings. The zero-order valence-corrected chi connectivity index (χ0v) is 21.3. The molecule has 0 amide bonds. The number of sulfonamides is 1. The lowest BCUT2D eigenvalue weighted by atomic mass is 10.0. The lowest BCUT2D eigenvalue weighted by Crippen LogP contribution is -2.30. The van der Waals surface area contributed by atoms with E-state index in [9.17, 15) is 8.42 Å². The zero-order valence-electron chi connectivity index (χ0n) is 19.7. The van der Waals surface area contributed by atoms with E-state index in [1.807, 2.05) is 71.8 Å². The molecule has 36 heavy (non-hydrogen) atoms. The van der Waals surface area contributed by atoms with Crippen molar-refractivity contribution in [1.29, 1.82) is 0 Å². The summed E-state index contributed by atoms with van der Waals surface area (Å²) in [5.74, 6) is 0.763. The van der Waals surface area contributed by atoms with Crippen LogP contribution >= 0.6 is 12.2 Å². The summed E-state index contributed by atoms with van der Waals surface area (Å²) >= 11 is 5.82. The molecule has 2 aromatic carbocycles. The van der Waals surface area contributed by atoms with Gasteiger partial charge in [0, 0.05) is 41.2 Å². The second kappa shape index (κ2) is 9.63. The maximum absolute atomic E-state index is 11.6. The number of thiocarbonyl (C=S) groups is 1. The first kappa shape index (κ1) is 23.8. The fourth-order valence-electron chi connectivity index (χ4n) is 4.47.